The van der Waals surface area contributed by atoms with Crippen molar-refractivity contribution < 1.29 is 14.3 Å². The van der Waals surface area contributed by atoms with Crippen LogP contribution in [0.4, 0.5) is 0 Å². The first-order valence-corrected chi connectivity index (χ1v) is 9.40. The number of esters is 1. The van der Waals surface area contributed by atoms with Crippen LogP contribution in [-0.2, 0) is 19.9 Å². The van der Waals surface area contributed by atoms with Crippen molar-refractivity contribution in [1.82, 2.24) is 0 Å². The van der Waals surface area contributed by atoms with Gasteiger partial charge in [0, 0.05) is 5.57 Å². The molecule has 0 radical (unpaired) electrons. The first-order chi connectivity index (χ1) is 13.7. The first-order valence-electron chi connectivity index (χ1n) is 9.40. The summed E-state index contributed by atoms with van der Waals surface area (Å²) in [4.78, 5) is 11.8. The normalized spacial score (nSPS) is 16.5. The Hall–Kier alpha value is -3.17. The zero-order valence-corrected chi connectivity index (χ0v) is 15.7. The lowest BCUT2D eigenvalue weighted by Crippen LogP contribution is -2.35. The van der Waals surface area contributed by atoms with Gasteiger partial charge in [-0.2, -0.15) is 0 Å². The minimum atomic E-state index is -0.805. The van der Waals surface area contributed by atoms with Gasteiger partial charge in [-0.25, -0.2) is 4.79 Å². The van der Waals surface area contributed by atoms with Gasteiger partial charge in [0.05, 0.1) is 6.61 Å². The molecule has 140 valence electrons. The van der Waals surface area contributed by atoms with E-state index in [-0.39, 0.29) is 18.7 Å². The molecule has 3 heteroatoms. The average molecular weight is 370 g/mol. The number of rotatable bonds is 6. The van der Waals surface area contributed by atoms with E-state index in [0.29, 0.717) is 5.57 Å². The summed E-state index contributed by atoms with van der Waals surface area (Å²) in [6, 6.07) is 30.5. The highest BCUT2D eigenvalue weighted by atomic mass is 16.6. The van der Waals surface area contributed by atoms with Crippen LogP contribution in [0.25, 0.3) is 0 Å². The second-order valence-corrected chi connectivity index (χ2v) is 6.88. The van der Waals surface area contributed by atoms with Crippen LogP contribution in [0, 0.1) is 0 Å². The Balaban J connectivity index is 1.83. The lowest BCUT2D eigenvalue weighted by atomic mass is 9.80. The quantitative estimate of drug-likeness (QED) is 0.459. The highest BCUT2D eigenvalue weighted by molar-refractivity contribution is 5.90. The van der Waals surface area contributed by atoms with Crippen molar-refractivity contribution in [2.45, 2.75) is 18.6 Å². The van der Waals surface area contributed by atoms with Gasteiger partial charge in [0.2, 0.25) is 0 Å². The predicted octanol–water partition coefficient (Wildman–Crippen LogP) is 4.87. The summed E-state index contributed by atoms with van der Waals surface area (Å²) in [5.74, 6) is -0.279. The van der Waals surface area contributed by atoms with Gasteiger partial charge in [-0.05, 0) is 29.7 Å². The van der Waals surface area contributed by atoms with Gasteiger partial charge in [0.25, 0.3) is 0 Å². The highest BCUT2D eigenvalue weighted by Crippen LogP contribution is 2.40. The van der Waals surface area contributed by atoms with Gasteiger partial charge in [-0.15, -0.1) is 0 Å². The van der Waals surface area contributed by atoms with Crippen LogP contribution in [0.3, 0.4) is 0 Å². The molecule has 1 aliphatic heterocycles. The van der Waals surface area contributed by atoms with Crippen LogP contribution >= 0.6 is 0 Å². The molecule has 3 aromatic rings. The fourth-order valence-electron chi connectivity index (χ4n) is 3.67. The molecule has 28 heavy (non-hydrogen) atoms. The van der Waals surface area contributed by atoms with E-state index in [1.54, 1.807) is 6.92 Å². The summed E-state index contributed by atoms with van der Waals surface area (Å²) < 4.78 is 12.1. The van der Waals surface area contributed by atoms with E-state index >= 15 is 0 Å². The number of hydrogen-bond acceptors (Lipinski definition) is 3. The molecule has 0 saturated carbocycles. The molecule has 0 bridgehead atoms. The average Bonchev–Trinajstić information content (AvgIpc) is 3.08. The molecule has 1 aliphatic rings. The third kappa shape index (κ3) is 3.37. The Morgan fingerprint density at radius 1 is 0.786 bits per heavy atom. The van der Waals surface area contributed by atoms with Gasteiger partial charge in [-0.1, -0.05) is 91.0 Å². The number of hydrogen-bond donors (Lipinski definition) is 0. The van der Waals surface area contributed by atoms with E-state index in [0.717, 1.165) is 16.7 Å². The summed E-state index contributed by atoms with van der Waals surface area (Å²) in [6.07, 6.45) is 1.44. The van der Waals surface area contributed by atoms with Crippen LogP contribution in [0.5, 0.6) is 0 Å². The molecule has 0 aromatic heterocycles. The zero-order chi connectivity index (χ0) is 19.4. The van der Waals surface area contributed by atoms with Crippen LogP contribution < -0.4 is 0 Å². The van der Waals surface area contributed by atoms with Crippen molar-refractivity contribution in [1.29, 1.82) is 0 Å². The molecule has 0 amide bonds. The maximum absolute atomic E-state index is 11.8. The molecule has 0 N–H and O–H groups in total. The Kier molecular flexibility index (Phi) is 5.09. The molecule has 1 unspecified atom stereocenters. The SMILES string of the molecule is CC1=CC(COC(c2ccccc2)(c2ccccc2)c2ccccc2)OC1=O. The number of carbonyl (C=O) groups is 1. The van der Waals surface area contributed by atoms with E-state index in [1.807, 2.05) is 60.7 Å². The van der Waals surface area contributed by atoms with Crippen molar-refractivity contribution in [2.24, 2.45) is 0 Å². The molecule has 0 saturated heterocycles. The van der Waals surface area contributed by atoms with Crippen molar-refractivity contribution in [2.75, 3.05) is 6.61 Å². The van der Waals surface area contributed by atoms with Crippen LogP contribution in [0.1, 0.15) is 23.6 Å². The van der Waals surface area contributed by atoms with Gasteiger partial charge in [0.1, 0.15) is 11.7 Å². The summed E-state index contributed by atoms with van der Waals surface area (Å²) >= 11 is 0. The Labute approximate surface area is 165 Å². The van der Waals surface area contributed by atoms with Crippen LogP contribution in [0.15, 0.2) is 103 Å². The highest BCUT2D eigenvalue weighted by Gasteiger charge is 2.38. The standard InChI is InChI=1S/C25H22O3/c1-19-17-23(28-24(19)26)18-27-25(20-11-5-2-6-12-20,21-13-7-3-8-14-21)22-15-9-4-10-16-22/h2-17,23H,18H2,1H3. The molecular formula is C25H22O3. The lowest BCUT2D eigenvalue weighted by Gasteiger charge is -2.36. The summed E-state index contributed by atoms with van der Waals surface area (Å²) in [5.41, 5.74) is 2.89. The predicted molar refractivity (Wildman–Crippen MR) is 109 cm³/mol. The fourth-order valence-corrected chi connectivity index (χ4v) is 3.67. The summed E-state index contributed by atoms with van der Waals surface area (Å²) in [6.45, 7) is 2.03. The molecular weight excluding hydrogens is 348 g/mol. The second kappa shape index (κ2) is 7.83. The maximum Gasteiger partial charge on any atom is 0.334 e. The monoisotopic (exact) mass is 370 g/mol. The molecule has 1 atom stereocenters. The third-order valence-electron chi connectivity index (χ3n) is 5.02. The topological polar surface area (TPSA) is 35.5 Å². The van der Waals surface area contributed by atoms with Crippen LogP contribution in [-0.4, -0.2) is 18.7 Å². The number of cyclic esters (lactones) is 1. The van der Waals surface area contributed by atoms with Gasteiger partial charge in [0.15, 0.2) is 0 Å². The van der Waals surface area contributed by atoms with Gasteiger partial charge >= 0.3 is 5.97 Å². The maximum atomic E-state index is 11.8. The first kappa shape index (κ1) is 18.2. The molecule has 3 aromatic carbocycles. The molecule has 0 fully saturated rings. The van der Waals surface area contributed by atoms with Gasteiger partial charge < -0.3 is 9.47 Å². The third-order valence-corrected chi connectivity index (χ3v) is 5.02. The molecule has 4 rings (SSSR count). The minimum absolute atomic E-state index is 0.266. The smallest absolute Gasteiger partial charge is 0.334 e. The molecule has 1 heterocycles. The van der Waals surface area contributed by atoms with E-state index in [2.05, 4.69) is 36.4 Å². The minimum Gasteiger partial charge on any atom is -0.452 e. The molecule has 0 aliphatic carbocycles. The van der Waals surface area contributed by atoms with Crippen molar-refractivity contribution >= 4 is 5.97 Å². The molecule has 3 nitrogen and oxygen atoms in total. The van der Waals surface area contributed by atoms with Crippen LogP contribution in [0.2, 0.25) is 0 Å². The largest absolute Gasteiger partial charge is 0.452 e. The van der Waals surface area contributed by atoms with Crippen molar-refractivity contribution in [3.05, 3.63) is 119 Å². The van der Waals surface area contributed by atoms with E-state index in [4.69, 9.17) is 9.47 Å². The Bertz CT molecular complexity index is 866. The van der Waals surface area contributed by atoms with E-state index < -0.39 is 5.60 Å². The number of ether oxygens (including phenoxy) is 2. The molecule has 0 spiro atoms. The van der Waals surface area contributed by atoms with Gasteiger partial charge in [-0.3, -0.25) is 0 Å². The summed E-state index contributed by atoms with van der Waals surface area (Å²) in [7, 11) is 0. The van der Waals surface area contributed by atoms with Crippen molar-refractivity contribution in [3.63, 3.8) is 0 Å². The Morgan fingerprint density at radius 2 is 1.21 bits per heavy atom. The van der Waals surface area contributed by atoms with Crippen molar-refractivity contribution in [3.8, 4) is 0 Å². The lowest BCUT2D eigenvalue weighted by molar-refractivity contribution is -0.143. The fraction of sp³-hybridized carbons (Fsp3) is 0.160. The Morgan fingerprint density at radius 3 is 1.57 bits per heavy atom. The second-order valence-electron chi connectivity index (χ2n) is 6.88. The number of carbonyl (C=O) groups excluding carboxylic acids is 1. The summed E-state index contributed by atoms with van der Waals surface area (Å²) in [5, 5.41) is 0. The van der Waals surface area contributed by atoms with E-state index in [9.17, 15) is 4.79 Å². The number of benzene rings is 3. The van der Waals surface area contributed by atoms with E-state index in [1.165, 1.54) is 0 Å². The zero-order valence-electron chi connectivity index (χ0n) is 15.7.